The third-order valence-electron chi connectivity index (χ3n) is 3.45. The van der Waals surface area contributed by atoms with Crippen molar-refractivity contribution in [3.63, 3.8) is 0 Å². The number of anilines is 1. The lowest BCUT2D eigenvalue weighted by atomic mass is 10.3. The third-order valence-corrected chi connectivity index (χ3v) is 3.45. The normalized spacial score (nSPS) is 18.9. The zero-order valence-corrected chi connectivity index (χ0v) is 10.5. The first-order valence-corrected chi connectivity index (χ1v) is 6.78. The van der Waals surface area contributed by atoms with Gasteiger partial charge in [-0.1, -0.05) is 0 Å². The minimum Gasteiger partial charge on any atom is -0.395 e. The average molecular weight is 248 g/mol. The Kier molecular flexibility index (Phi) is 3.43. The van der Waals surface area contributed by atoms with Crippen LogP contribution in [0.3, 0.4) is 0 Å². The zero-order valence-electron chi connectivity index (χ0n) is 10.5. The molecule has 0 amide bonds. The summed E-state index contributed by atoms with van der Waals surface area (Å²) in [5.41, 5.74) is 1.13. The third kappa shape index (κ3) is 2.97. The van der Waals surface area contributed by atoms with Gasteiger partial charge in [0.05, 0.1) is 6.61 Å². The summed E-state index contributed by atoms with van der Waals surface area (Å²) >= 11 is 0. The van der Waals surface area contributed by atoms with Gasteiger partial charge in [0.1, 0.15) is 0 Å². The molecule has 5 nitrogen and oxygen atoms in total. The van der Waals surface area contributed by atoms with Crippen molar-refractivity contribution < 1.29 is 5.11 Å². The molecule has 0 radical (unpaired) electrons. The van der Waals surface area contributed by atoms with Crippen molar-refractivity contribution >= 4 is 5.95 Å². The first kappa shape index (κ1) is 11.9. The fourth-order valence-electron chi connectivity index (χ4n) is 2.08. The van der Waals surface area contributed by atoms with Crippen LogP contribution in [0.25, 0.3) is 0 Å². The maximum atomic E-state index is 9.07. The molecule has 2 N–H and O–H groups in total. The van der Waals surface area contributed by atoms with Crippen molar-refractivity contribution in [3.8, 4) is 0 Å². The van der Waals surface area contributed by atoms with E-state index >= 15 is 0 Å². The first-order valence-electron chi connectivity index (χ1n) is 6.78. The number of aliphatic hydroxyl groups is 1. The molecule has 0 spiro atoms. The van der Waals surface area contributed by atoms with Gasteiger partial charge in [-0.05, 0) is 25.7 Å². The molecule has 98 valence electrons. The Hall–Kier alpha value is -1.20. The van der Waals surface area contributed by atoms with E-state index in [1.165, 1.54) is 25.7 Å². The van der Waals surface area contributed by atoms with Gasteiger partial charge in [-0.15, -0.1) is 0 Å². The largest absolute Gasteiger partial charge is 0.395 e. The van der Waals surface area contributed by atoms with Crippen LogP contribution in [-0.2, 0) is 6.54 Å². The fourth-order valence-corrected chi connectivity index (χ4v) is 2.08. The standard InChI is InChI=1S/C13H20N4O/c18-6-5-17(12-3-4-12)13-15-8-10(9-16-13)7-14-11-1-2-11/h8-9,11-12,14,18H,1-7H2. The average Bonchev–Trinajstić information content (AvgIpc) is 3.28. The second-order valence-electron chi connectivity index (χ2n) is 5.19. The highest BCUT2D eigenvalue weighted by atomic mass is 16.3. The molecular formula is C13H20N4O. The molecule has 0 aliphatic heterocycles. The summed E-state index contributed by atoms with van der Waals surface area (Å²) in [6.45, 7) is 1.64. The van der Waals surface area contributed by atoms with Crippen LogP contribution in [-0.4, -0.2) is 40.3 Å². The molecule has 0 saturated heterocycles. The molecule has 1 aromatic heterocycles. The Labute approximate surface area is 107 Å². The van der Waals surface area contributed by atoms with E-state index in [0.717, 1.165) is 18.1 Å². The van der Waals surface area contributed by atoms with Gasteiger partial charge in [-0.2, -0.15) is 0 Å². The van der Waals surface area contributed by atoms with Gasteiger partial charge in [-0.3, -0.25) is 0 Å². The van der Waals surface area contributed by atoms with Crippen LogP contribution in [0.15, 0.2) is 12.4 Å². The molecule has 0 atom stereocenters. The molecule has 18 heavy (non-hydrogen) atoms. The molecule has 1 aromatic rings. The van der Waals surface area contributed by atoms with Gasteiger partial charge in [0, 0.05) is 43.1 Å². The summed E-state index contributed by atoms with van der Waals surface area (Å²) in [5, 5.41) is 12.5. The van der Waals surface area contributed by atoms with Gasteiger partial charge >= 0.3 is 0 Å². The number of rotatable bonds is 7. The number of nitrogens with one attached hydrogen (secondary N) is 1. The molecule has 0 aromatic carbocycles. The molecule has 5 heteroatoms. The van der Waals surface area contributed by atoms with Gasteiger partial charge in [0.25, 0.3) is 0 Å². The lowest BCUT2D eigenvalue weighted by molar-refractivity contribution is 0.300. The second kappa shape index (κ2) is 5.20. The number of aromatic nitrogens is 2. The van der Waals surface area contributed by atoms with Crippen LogP contribution in [0.2, 0.25) is 0 Å². The number of hydrogen-bond acceptors (Lipinski definition) is 5. The fraction of sp³-hybridized carbons (Fsp3) is 0.692. The minimum absolute atomic E-state index is 0.158. The number of aliphatic hydroxyl groups excluding tert-OH is 1. The summed E-state index contributed by atoms with van der Waals surface area (Å²) in [6, 6.07) is 1.25. The van der Waals surface area contributed by atoms with Crippen molar-refractivity contribution in [1.82, 2.24) is 15.3 Å². The topological polar surface area (TPSA) is 61.3 Å². The van der Waals surface area contributed by atoms with Crippen LogP contribution >= 0.6 is 0 Å². The van der Waals surface area contributed by atoms with E-state index in [2.05, 4.69) is 20.2 Å². The molecule has 0 unspecified atom stereocenters. The Balaban J connectivity index is 1.60. The number of nitrogens with zero attached hydrogens (tertiary/aromatic N) is 3. The number of hydrogen-bond donors (Lipinski definition) is 2. The molecule has 2 saturated carbocycles. The maximum Gasteiger partial charge on any atom is 0.225 e. The van der Waals surface area contributed by atoms with Crippen LogP contribution < -0.4 is 10.2 Å². The molecular weight excluding hydrogens is 228 g/mol. The van der Waals surface area contributed by atoms with Crippen LogP contribution in [0, 0.1) is 0 Å². The highest BCUT2D eigenvalue weighted by molar-refractivity contribution is 5.34. The van der Waals surface area contributed by atoms with Gasteiger partial charge in [-0.25, -0.2) is 9.97 Å². The van der Waals surface area contributed by atoms with E-state index in [4.69, 9.17) is 5.11 Å². The molecule has 3 rings (SSSR count). The van der Waals surface area contributed by atoms with Crippen molar-refractivity contribution in [2.75, 3.05) is 18.1 Å². The lowest BCUT2D eigenvalue weighted by Gasteiger charge is -2.21. The minimum atomic E-state index is 0.158. The predicted octanol–water partition coefficient (Wildman–Crippen LogP) is 0.690. The van der Waals surface area contributed by atoms with Crippen molar-refractivity contribution in [2.24, 2.45) is 0 Å². The van der Waals surface area contributed by atoms with Crippen molar-refractivity contribution in [1.29, 1.82) is 0 Å². The van der Waals surface area contributed by atoms with Gasteiger partial charge in [0.2, 0.25) is 5.95 Å². The van der Waals surface area contributed by atoms with E-state index in [0.29, 0.717) is 18.6 Å². The maximum absolute atomic E-state index is 9.07. The summed E-state index contributed by atoms with van der Waals surface area (Å²) in [7, 11) is 0. The van der Waals surface area contributed by atoms with Crippen LogP contribution in [0.1, 0.15) is 31.2 Å². The lowest BCUT2D eigenvalue weighted by Crippen LogP contribution is -2.30. The summed E-state index contributed by atoms with van der Waals surface area (Å²) in [4.78, 5) is 11.0. The highest BCUT2D eigenvalue weighted by Gasteiger charge is 2.30. The monoisotopic (exact) mass is 248 g/mol. The van der Waals surface area contributed by atoms with E-state index < -0.39 is 0 Å². The van der Waals surface area contributed by atoms with Gasteiger partial charge < -0.3 is 15.3 Å². The Morgan fingerprint density at radius 2 is 1.94 bits per heavy atom. The molecule has 2 fully saturated rings. The van der Waals surface area contributed by atoms with Crippen molar-refractivity contribution in [3.05, 3.63) is 18.0 Å². The van der Waals surface area contributed by atoms with E-state index in [-0.39, 0.29) is 6.61 Å². The summed E-state index contributed by atoms with van der Waals surface area (Å²) < 4.78 is 0. The Morgan fingerprint density at radius 3 is 2.50 bits per heavy atom. The highest BCUT2D eigenvalue weighted by Crippen LogP contribution is 2.29. The quantitative estimate of drug-likeness (QED) is 0.743. The Bertz CT molecular complexity index is 386. The smallest absolute Gasteiger partial charge is 0.225 e. The Morgan fingerprint density at radius 1 is 1.22 bits per heavy atom. The SMILES string of the molecule is OCCN(c1ncc(CNC2CC2)cn1)C1CC1. The predicted molar refractivity (Wildman–Crippen MR) is 69.3 cm³/mol. The van der Waals surface area contributed by atoms with Gasteiger partial charge in [0.15, 0.2) is 0 Å². The van der Waals surface area contributed by atoms with E-state index in [1.54, 1.807) is 0 Å². The summed E-state index contributed by atoms with van der Waals surface area (Å²) in [5.74, 6) is 0.752. The summed E-state index contributed by atoms with van der Waals surface area (Å²) in [6.07, 6.45) is 8.76. The first-order chi connectivity index (χ1) is 8.86. The van der Waals surface area contributed by atoms with Crippen LogP contribution in [0.4, 0.5) is 5.95 Å². The second-order valence-corrected chi connectivity index (χ2v) is 5.19. The molecule has 2 aliphatic carbocycles. The molecule has 2 aliphatic rings. The van der Waals surface area contributed by atoms with Crippen LogP contribution in [0.5, 0.6) is 0 Å². The molecule has 1 heterocycles. The molecule has 0 bridgehead atoms. The van der Waals surface area contributed by atoms with E-state index in [9.17, 15) is 0 Å². The van der Waals surface area contributed by atoms with Crippen molar-refractivity contribution in [2.45, 2.75) is 44.3 Å². The zero-order chi connectivity index (χ0) is 12.4. The van der Waals surface area contributed by atoms with E-state index in [1.807, 2.05) is 12.4 Å².